The minimum atomic E-state index is 0.310. The van der Waals surface area contributed by atoms with Crippen molar-refractivity contribution >= 4 is 17.3 Å². The smallest absolute Gasteiger partial charge is 0.203 e. The minimum absolute atomic E-state index is 0.310. The molecule has 0 aliphatic carbocycles. The van der Waals surface area contributed by atoms with Crippen molar-refractivity contribution in [2.75, 3.05) is 5.32 Å². The van der Waals surface area contributed by atoms with Gasteiger partial charge in [-0.25, -0.2) is 4.98 Å². The fourth-order valence-electron chi connectivity index (χ4n) is 1.23. The minimum Gasteiger partial charge on any atom is -0.449 e. The van der Waals surface area contributed by atoms with Crippen molar-refractivity contribution in [3.05, 3.63) is 47.1 Å². The molecule has 0 radical (unpaired) electrons. The van der Waals surface area contributed by atoms with Crippen LogP contribution in [0.25, 0.3) is 0 Å². The number of nitriles is 1. The number of halogens is 1. The topological polar surface area (TPSA) is 61.9 Å². The van der Waals surface area contributed by atoms with Gasteiger partial charge in [-0.2, -0.15) is 5.26 Å². The molecule has 2 heterocycles. The molecule has 0 aliphatic rings. The van der Waals surface area contributed by atoms with Gasteiger partial charge >= 0.3 is 0 Å². The largest absolute Gasteiger partial charge is 0.449 e. The van der Waals surface area contributed by atoms with E-state index in [-0.39, 0.29) is 0 Å². The summed E-state index contributed by atoms with van der Waals surface area (Å²) in [5, 5.41) is 12.1. The van der Waals surface area contributed by atoms with E-state index in [9.17, 15) is 0 Å². The summed E-state index contributed by atoms with van der Waals surface area (Å²) < 4.78 is 5.21. The van der Waals surface area contributed by atoms with Gasteiger partial charge in [0.25, 0.3) is 0 Å². The van der Waals surface area contributed by atoms with Gasteiger partial charge in [-0.15, -0.1) is 0 Å². The van der Waals surface area contributed by atoms with Crippen LogP contribution in [-0.4, -0.2) is 4.98 Å². The van der Waals surface area contributed by atoms with Gasteiger partial charge in [0.15, 0.2) is 0 Å². The molecular weight excluding hydrogens is 226 g/mol. The van der Waals surface area contributed by atoms with Crippen molar-refractivity contribution in [3.63, 3.8) is 0 Å². The van der Waals surface area contributed by atoms with Crippen molar-refractivity contribution in [1.82, 2.24) is 4.98 Å². The quantitative estimate of drug-likeness (QED) is 0.828. The Labute approximate surface area is 97.5 Å². The van der Waals surface area contributed by atoms with Crippen LogP contribution < -0.4 is 5.32 Å². The van der Waals surface area contributed by atoms with Gasteiger partial charge in [-0.3, -0.25) is 0 Å². The third kappa shape index (κ3) is 2.53. The molecule has 0 saturated heterocycles. The molecule has 0 spiro atoms. The summed E-state index contributed by atoms with van der Waals surface area (Å²) in [5.74, 6) is 1.01. The maximum atomic E-state index is 8.58. The van der Waals surface area contributed by atoms with E-state index in [2.05, 4.69) is 10.3 Å². The van der Waals surface area contributed by atoms with Crippen molar-refractivity contribution in [1.29, 1.82) is 5.26 Å². The Kier molecular flexibility index (Phi) is 3.08. The molecule has 0 amide bonds. The van der Waals surface area contributed by atoms with Crippen LogP contribution in [0, 0.1) is 11.3 Å². The summed E-state index contributed by atoms with van der Waals surface area (Å²) in [4.78, 5) is 3.87. The van der Waals surface area contributed by atoms with Crippen molar-refractivity contribution in [2.24, 2.45) is 0 Å². The molecule has 2 aromatic rings. The first kappa shape index (κ1) is 10.5. The predicted molar refractivity (Wildman–Crippen MR) is 60.0 cm³/mol. The Balaban J connectivity index is 2.00. The van der Waals surface area contributed by atoms with Crippen LogP contribution in [-0.2, 0) is 6.54 Å². The van der Waals surface area contributed by atoms with E-state index in [0.29, 0.717) is 23.2 Å². The van der Waals surface area contributed by atoms with Gasteiger partial charge in [-0.1, -0.05) is 11.6 Å². The highest BCUT2D eigenvalue weighted by Crippen LogP contribution is 2.14. The first-order valence-electron chi connectivity index (χ1n) is 4.62. The Hall–Kier alpha value is -1.99. The fourth-order valence-corrected chi connectivity index (χ4v) is 1.41. The molecular formula is C11H8ClN3O. The van der Waals surface area contributed by atoms with E-state index in [4.69, 9.17) is 21.3 Å². The predicted octanol–water partition coefficient (Wildman–Crippen LogP) is 2.81. The molecule has 0 saturated carbocycles. The maximum absolute atomic E-state index is 8.58. The highest BCUT2D eigenvalue weighted by Gasteiger charge is 2.01. The summed E-state index contributed by atoms with van der Waals surface area (Å²) in [6, 6.07) is 8.85. The number of aromatic nitrogens is 1. The average Bonchev–Trinajstić information content (AvgIpc) is 2.74. The summed E-state index contributed by atoms with van der Waals surface area (Å²) >= 11 is 5.74. The molecule has 0 fully saturated rings. The van der Waals surface area contributed by atoms with E-state index in [1.165, 1.54) is 0 Å². The maximum Gasteiger partial charge on any atom is 0.203 e. The summed E-state index contributed by atoms with van der Waals surface area (Å²) in [6.07, 6.45) is 1.62. The standard InChI is InChI=1S/C11H8ClN3O/c12-11-5-8(3-4-14-11)15-7-10-2-1-9(6-13)16-10/h1-5H,7H2,(H,14,15). The highest BCUT2D eigenvalue weighted by molar-refractivity contribution is 6.29. The molecule has 5 heteroatoms. The zero-order chi connectivity index (χ0) is 11.4. The van der Waals surface area contributed by atoms with Gasteiger partial charge in [0, 0.05) is 11.9 Å². The molecule has 0 unspecified atom stereocenters. The summed E-state index contributed by atoms with van der Waals surface area (Å²) in [7, 11) is 0. The van der Waals surface area contributed by atoms with E-state index in [1.54, 1.807) is 30.5 Å². The molecule has 16 heavy (non-hydrogen) atoms. The first-order valence-corrected chi connectivity index (χ1v) is 5.00. The van der Waals surface area contributed by atoms with Gasteiger partial charge in [0.1, 0.15) is 17.0 Å². The molecule has 2 aromatic heterocycles. The lowest BCUT2D eigenvalue weighted by Crippen LogP contribution is -1.97. The van der Waals surface area contributed by atoms with Crippen LogP contribution in [0.5, 0.6) is 0 Å². The molecule has 1 N–H and O–H groups in total. The van der Waals surface area contributed by atoms with Crippen molar-refractivity contribution in [3.8, 4) is 6.07 Å². The lowest BCUT2D eigenvalue weighted by molar-refractivity contribution is 0.506. The molecule has 2 rings (SSSR count). The van der Waals surface area contributed by atoms with Crippen LogP contribution in [0.15, 0.2) is 34.9 Å². The Morgan fingerprint density at radius 2 is 2.31 bits per heavy atom. The molecule has 0 aliphatic heterocycles. The van der Waals surface area contributed by atoms with Crippen LogP contribution in [0.2, 0.25) is 5.15 Å². The van der Waals surface area contributed by atoms with Crippen molar-refractivity contribution < 1.29 is 4.42 Å². The van der Waals surface area contributed by atoms with Gasteiger partial charge in [-0.05, 0) is 24.3 Å². The third-order valence-corrected chi connectivity index (χ3v) is 2.17. The number of nitrogens with zero attached hydrogens (tertiary/aromatic N) is 2. The number of rotatable bonds is 3. The van der Waals surface area contributed by atoms with E-state index >= 15 is 0 Å². The number of hydrogen-bond donors (Lipinski definition) is 1. The molecule has 0 aromatic carbocycles. The van der Waals surface area contributed by atoms with Crippen LogP contribution in [0.4, 0.5) is 5.69 Å². The lowest BCUT2D eigenvalue weighted by Gasteiger charge is -2.03. The van der Waals surface area contributed by atoms with Crippen LogP contribution >= 0.6 is 11.6 Å². The summed E-state index contributed by atoms with van der Waals surface area (Å²) in [5.41, 5.74) is 0.856. The molecule has 0 bridgehead atoms. The fraction of sp³-hybridized carbons (Fsp3) is 0.0909. The molecule has 80 valence electrons. The number of nitrogens with one attached hydrogen (secondary N) is 1. The monoisotopic (exact) mass is 233 g/mol. The second-order valence-electron chi connectivity index (χ2n) is 3.10. The second-order valence-corrected chi connectivity index (χ2v) is 3.49. The van der Waals surface area contributed by atoms with Crippen LogP contribution in [0.1, 0.15) is 11.5 Å². The molecule has 4 nitrogen and oxygen atoms in total. The highest BCUT2D eigenvalue weighted by atomic mass is 35.5. The zero-order valence-electron chi connectivity index (χ0n) is 8.27. The second kappa shape index (κ2) is 4.69. The van der Waals surface area contributed by atoms with Crippen molar-refractivity contribution in [2.45, 2.75) is 6.54 Å². The number of furan rings is 1. The van der Waals surface area contributed by atoms with Crippen LogP contribution in [0.3, 0.4) is 0 Å². The zero-order valence-corrected chi connectivity index (χ0v) is 9.03. The van der Waals surface area contributed by atoms with Gasteiger partial charge in [0.05, 0.1) is 6.54 Å². The normalized spacial score (nSPS) is 9.75. The third-order valence-electron chi connectivity index (χ3n) is 1.97. The van der Waals surface area contributed by atoms with E-state index in [1.807, 2.05) is 6.07 Å². The molecule has 0 atom stereocenters. The Morgan fingerprint density at radius 1 is 1.44 bits per heavy atom. The summed E-state index contributed by atoms with van der Waals surface area (Å²) in [6.45, 7) is 0.502. The first-order chi connectivity index (χ1) is 7.78. The number of pyridine rings is 1. The average molecular weight is 234 g/mol. The SMILES string of the molecule is N#Cc1ccc(CNc2ccnc(Cl)c2)o1. The Bertz CT molecular complexity index is 530. The van der Waals surface area contributed by atoms with E-state index in [0.717, 1.165) is 5.69 Å². The van der Waals surface area contributed by atoms with E-state index < -0.39 is 0 Å². The van der Waals surface area contributed by atoms with Gasteiger partial charge < -0.3 is 9.73 Å². The Morgan fingerprint density at radius 3 is 3.00 bits per heavy atom. The van der Waals surface area contributed by atoms with Gasteiger partial charge in [0.2, 0.25) is 5.76 Å². The number of anilines is 1. The number of hydrogen-bond acceptors (Lipinski definition) is 4. The lowest BCUT2D eigenvalue weighted by atomic mass is 10.4.